The molecule has 0 aromatic rings. The number of rotatable bonds is 2. The number of amides is 1. The standard InChI is InChI=1S/C9H16N2O.ClH/c1-10-8-4-5-11(6-8)9(12)7-2-3-7;/h7-8,10H,2-6H2,1H3;1H. The third kappa shape index (κ3) is 2.35. The van der Waals surface area contributed by atoms with E-state index in [-0.39, 0.29) is 12.4 Å². The van der Waals surface area contributed by atoms with Crippen LogP contribution in [0.25, 0.3) is 0 Å². The second kappa shape index (κ2) is 4.29. The Balaban J connectivity index is 0.000000845. The van der Waals surface area contributed by atoms with Crippen LogP contribution in [0.4, 0.5) is 0 Å². The highest BCUT2D eigenvalue weighted by Crippen LogP contribution is 2.31. The lowest BCUT2D eigenvalue weighted by molar-refractivity contribution is -0.131. The summed E-state index contributed by atoms with van der Waals surface area (Å²) in [5, 5.41) is 3.21. The molecule has 0 aromatic heterocycles. The third-order valence-corrected chi connectivity index (χ3v) is 2.83. The predicted octanol–water partition coefficient (Wildman–Crippen LogP) is 0.638. The second-order valence-electron chi connectivity index (χ2n) is 3.83. The molecule has 1 amide bonds. The van der Waals surface area contributed by atoms with Crippen molar-refractivity contribution < 1.29 is 4.79 Å². The van der Waals surface area contributed by atoms with Crippen LogP contribution in [0.15, 0.2) is 0 Å². The molecule has 13 heavy (non-hydrogen) atoms. The van der Waals surface area contributed by atoms with Crippen LogP contribution in [0.2, 0.25) is 0 Å². The van der Waals surface area contributed by atoms with Crippen LogP contribution in [0.1, 0.15) is 19.3 Å². The zero-order valence-electron chi connectivity index (χ0n) is 7.95. The van der Waals surface area contributed by atoms with Gasteiger partial charge in [-0.3, -0.25) is 4.79 Å². The molecule has 3 nitrogen and oxygen atoms in total. The van der Waals surface area contributed by atoms with E-state index in [2.05, 4.69) is 5.32 Å². The molecule has 1 saturated heterocycles. The van der Waals surface area contributed by atoms with E-state index in [1.54, 1.807) is 0 Å². The van der Waals surface area contributed by atoms with Gasteiger partial charge in [0.1, 0.15) is 0 Å². The molecule has 2 aliphatic rings. The molecule has 1 N–H and O–H groups in total. The lowest BCUT2D eigenvalue weighted by atomic mass is 10.3. The van der Waals surface area contributed by atoms with Crippen LogP contribution in [-0.2, 0) is 4.79 Å². The fraction of sp³-hybridized carbons (Fsp3) is 0.889. The van der Waals surface area contributed by atoms with Crippen LogP contribution in [0.5, 0.6) is 0 Å². The Hall–Kier alpha value is -0.280. The average Bonchev–Trinajstić information content (AvgIpc) is 2.82. The van der Waals surface area contributed by atoms with Crippen molar-refractivity contribution in [2.75, 3.05) is 20.1 Å². The van der Waals surface area contributed by atoms with Gasteiger partial charge in [0, 0.05) is 25.0 Å². The summed E-state index contributed by atoms with van der Waals surface area (Å²) < 4.78 is 0. The molecule has 1 atom stereocenters. The number of carbonyl (C=O) groups excluding carboxylic acids is 1. The minimum Gasteiger partial charge on any atom is -0.341 e. The highest BCUT2D eigenvalue weighted by molar-refractivity contribution is 5.85. The topological polar surface area (TPSA) is 32.3 Å². The first-order valence-corrected chi connectivity index (χ1v) is 4.77. The molecule has 76 valence electrons. The van der Waals surface area contributed by atoms with E-state index in [1.807, 2.05) is 11.9 Å². The fourth-order valence-corrected chi connectivity index (χ4v) is 1.78. The maximum Gasteiger partial charge on any atom is 0.225 e. The van der Waals surface area contributed by atoms with Crippen LogP contribution in [0.3, 0.4) is 0 Å². The fourth-order valence-electron chi connectivity index (χ4n) is 1.78. The van der Waals surface area contributed by atoms with Gasteiger partial charge in [-0.25, -0.2) is 0 Å². The summed E-state index contributed by atoms with van der Waals surface area (Å²) in [5.74, 6) is 0.786. The molecule has 1 heterocycles. The number of hydrogen-bond acceptors (Lipinski definition) is 2. The van der Waals surface area contributed by atoms with Gasteiger partial charge in [0.25, 0.3) is 0 Å². The van der Waals surface area contributed by atoms with Gasteiger partial charge in [0.2, 0.25) is 5.91 Å². The molecule has 1 unspecified atom stereocenters. The molecular formula is C9H17ClN2O. The molecule has 1 aliphatic carbocycles. The van der Waals surface area contributed by atoms with Gasteiger partial charge in [0.05, 0.1) is 0 Å². The van der Waals surface area contributed by atoms with Gasteiger partial charge in [-0.1, -0.05) is 0 Å². The van der Waals surface area contributed by atoms with Crippen LogP contribution < -0.4 is 5.32 Å². The first kappa shape index (κ1) is 10.8. The maximum absolute atomic E-state index is 11.6. The number of nitrogens with one attached hydrogen (secondary N) is 1. The molecule has 0 aromatic carbocycles. The molecule has 4 heteroatoms. The van der Waals surface area contributed by atoms with Gasteiger partial charge in [-0.05, 0) is 26.3 Å². The SMILES string of the molecule is CNC1CCN(C(=O)C2CC2)C1.Cl. The number of likely N-dealkylation sites (tertiary alicyclic amines) is 1. The van der Waals surface area contributed by atoms with Crippen molar-refractivity contribution >= 4 is 18.3 Å². The third-order valence-electron chi connectivity index (χ3n) is 2.83. The average molecular weight is 205 g/mol. The molecule has 1 aliphatic heterocycles. The molecule has 0 radical (unpaired) electrons. The highest BCUT2D eigenvalue weighted by Gasteiger charge is 2.36. The van der Waals surface area contributed by atoms with E-state index in [0.717, 1.165) is 32.4 Å². The van der Waals surface area contributed by atoms with Crippen LogP contribution in [-0.4, -0.2) is 37.0 Å². The first-order chi connectivity index (χ1) is 5.81. The summed E-state index contributed by atoms with van der Waals surface area (Å²) in [6.07, 6.45) is 3.37. The summed E-state index contributed by atoms with van der Waals surface area (Å²) in [6, 6.07) is 0.535. The minimum atomic E-state index is 0. The monoisotopic (exact) mass is 204 g/mol. The van der Waals surface area contributed by atoms with Crippen LogP contribution >= 0.6 is 12.4 Å². The van der Waals surface area contributed by atoms with E-state index in [0.29, 0.717) is 17.9 Å². The van der Waals surface area contributed by atoms with Crippen LogP contribution in [0, 0.1) is 5.92 Å². The normalized spacial score (nSPS) is 27.2. The summed E-state index contributed by atoms with van der Waals surface area (Å²) in [4.78, 5) is 13.6. The summed E-state index contributed by atoms with van der Waals surface area (Å²) in [6.45, 7) is 1.88. The number of hydrogen-bond donors (Lipinski definition) is 1. The van der Waals surface area contributed by atoms with Gasteiger partial charge in [-0.2, -0.15) is 0 Å². The van der Waals surface area contributed by atoms with E-state index in [9.17, 15) is 4.79 Å². The second-order valence-corrected chi connectivity index (χ2v) is 3.83. The largest absolute Gasteiger partial charge is 0.341 e. The lowest BCUT2D eigenvalue weighted by Crippen LogP contribution is -2.34. The Morgan fingerprint density at radius 2 is 2.08 bits per heavy atom. The van der Waals surface area contributed by atoms with Gasteiger partial charge < -0.3 is 10.2 Å². The highest BCUT2D eigenvalue weighted by atomic mass is 35.5. The molecule has 2 fully saturated rings. The van der Waals surface area contributed by atoms with Crippen molar-refractivity contribution in [3.05, 3.63) is 0 Å². The Morgan fingerprint density at radius 3 is 2.54 bits per heavy atom. The quantitative estimate of drug-likeness (QED) is 0.716. The molecule has 2 rings (SSSR count). The molecular weight excluding hydrogens is 188 g/mol. The Labute approximate surface area is 85.3 Å². The Bertz CT molecular complexity index is 194. The van der Waals surface area contributed by atoms with Gasteiger partial charge >= 0.3 is 0 Å². The number of likely N-dealkylation sites (N-methyl/N-ethyl adjacent to an activating group) is 1. The van der Waals surface area contributed by atoms with Gasteiger partial charge in [-0.15, -0.1) is 12.4 Å². The Kier molecular flexibility index (Phi) is 3.56. The zero-order valence-corrected chi connectivity index (χ0v) is 8.77. The van der Waals surface area contributed by atoms with Crippen molar-refractivity contribution in [2.45, 2.75) is 25.3 Å². The van der Waals surface area contributed by atoms with Crippen molar-refractivity contribution in [3.63, 3.8) is 0 Å². The number of carbonyl (C=O) groups is 1. The van der Waals surface area contributed by atoms with E-state index in [1.165, 1.54) is 0 Å². The van der Waals surface area contributed by atoms with Gasteiger partial charge in [0.15, 0.2) is 0 Å². The Morgan fingerprint density at radius 1 is 1.38 bits per heavy atom. The number of halogens is 1. The summed E-state index contributed by atoms with van der Waals surface area (Å²) >= 11 is 0. The van der Waals surface area contributed by atoms with Crippen molar-refractivity contribution in [1.29, 1.82) is 0 Å². The van der Waals surface area contributed by atoms with Crippen molar-refractivity contribution in [2.24, 2.45) is 5.92 Å². The lowest BCUT2D eigenvalue weighted by Gasteiger charge is -2.15. The molecule has 0 bridgehead atoms. The molecule has 1 saturated carbocycles. The van der Waals surface area contributed by atoms with E-state index < -0.39 is 0 Å². The van der Waals surface area contributed by atoms with E-state index in [4.69, 9.17) is 0 Å². The van der Waals surface area contributed by atoms with Crippen molar-refractivity contribution in [1.82, 2.24) is 10.2 Å². The van der Waals surface area contributed by atoms with Crippen molar-refractivity contribution in [3.8, 4) is 0 Å². The van der Waals surface area contributed by atoms with E-state index >= 15 is 0 Å². The maximum atomic E-state index is 11.6. The zero-order chi connectivity index (χ0) is 8.55. The summed E-state index contributed by atoms with van der Waals surface area (Å²) in [5.41, 5.74) is 0. The number of nitrogens with zero attached hydrogens (tertiary/aromatic N) is 1. The molecule has 0 spiro atoms. The summed E-state index contributed by atoms with van der Waals surface area (Å²) in [7, 11) is 1.97. The first-order valence-electron chi connectivity index (χ1n) is 4.77. The predicted molar refractivity (Wildman–Crippen MR) is 54.0 cm³/mol. The smallest absolute Gasteiger partial charge is 0.225 e. The minimum absolute atomic E-state index is 0.